The zero-order chi connectivity index (χ0) is 71.1. The molecule has 10 nitrogen and oxygen atoms in total. The largest absolute Gasteiger partial charge is 0.309 e. The van der Waals surface area contributed by atoms with Crippen molar-refractivity contribution < 1.29 is 0 Å². The monoisotopic (exact) mass is 1390 g/mol. The fourth-order valence-electron chi connectivity index (χ4n) is 18.3. The Hall–Kier alpha value is -14.9. The molecule has 0 unspecified atom stereocenters. The average Bonchev–Trinajstić information content (AvgIpc) is 1.56. The molecule has 0 radical (unpaired) electrons. The van der Waals surface area contributed by atoms with Gasteiger partial charge in [-0.1, -0.05) is 218 Å². The molecule has 0 atom stereocenters. The first kappa shape index (κ1) is 59.5. The van der Waals surface area contributed by atoms with E-state index in [0.717, 1.165) is 155 Å². The number of benzene rings is 16. The van der Waals surface area contributed by atoms with Crippen LogP contribution in [0, 0.1) is 0 Å². The summed E-state index contributed by atoms with van der Waals surface area (Å²) < 4.78 is 16.9. The van der Waals surface area contributed by atoms with Gasteiger partial charge in [0, 0.05) is 121 Å². The maximum atomic E-state index is 5.58. The molecule has 10 heteroatoms. The van der Waals surface area contributed by atoms with Gasteiger partial charge in [0.25, 0.3) is 0 Å². The van der Waals surface area contributed by atoms with Crippen molar-refractivity contribution in [1.29, 1.82) is 0 Å². The number of aromatic nitrogens is 10. The zero-order valence-corrected chi connectivity index (χ0v) is 58.6. The number of fused-ring (bicyclic) bond motifs is 21. The van der Waals surface area contributed by atoms with E-state index in [1.807, 2.05) is 36.4 Å². The van der Waals surface area contributed by atoms with E-state index < -0.39 is 0 Å². The summed E-state index contributed by atoms with van der Waals surface area (Å²) >= 11 is 0. The van der Waals surface area contributed by atoms with Gasteiger partial charge in [-0.25, -0.2) is 4.98 Å². The third-order valence-electron chi connectivity index (χ3n) is 23.0. The van der Waals surface area contributed by atoms with Crippen LogP contribution in [-0.2, 0) is 0 Å². The Morgan fingerprint density at radius 2 is 0.339 bits per heavy atom. The van der Waals surface area contributed by atoms with Crippen molar-refractivity contribution in [2.24, 2.45) is 0 Å². The average molecular weight is 1390 g/mol. The summed E-state index contributed by atoms with van der Waals surface area (Å²) in [5, 5.41) is 16.4. The van der Waals surface area contributed by atoms with Crippen LogP contribution in [0.15, 0.2) is 364 Å². The van der Waals surface area contributed by atoms with Gasteiger partial charge in [0.05, 0.1) is 77.2 Å². The fraction of sp³-hybridized carbons (Fsp3) is 0. The molecule has 506 valence electrons. The molecule has 8 aromatic heterocycles. The lowest BCUT2D eigenvalue weighted by atomic mass is 10.1. The van der Waals surface area contributed by atoms with Gasteiger partial charge in [-0.2, -0.15) is 9.97 Å². The molecule has 0 aliphatic heterocycles. The highest BCUT2D eigenvalue weighted by Crippen LogP contribution is 2.45. The minimum Gasteiger partial charge on any atom is -0.309 e. The van der Waals surface area contributed by atoms with E-state index in [4.69, 9.17) is 15.0 Å². The minimum absolute atomic E-state index is 0.504. The summed E-state index contributed by atoms with van der Waals surface area (Å²) in [4.78, 5) is 16.4. The molecule has 0 saturated carbocycles. The van der Waals surface area contributed by atoms with E-state index in [1.165, 1.54) is 43.1 Å². The van der Waals surface area contributed by atoms with Gasteiger partial charge in [0.1, 0.15) is 0 Å². The molecule has 24 rings (SSSR count). The Morgan fingerprint density at radius 1 is 0.138 bits per heavy atom. The van der Waals surface area contributed by atoms with Gasteiger partial charge in [-0.15, -0.1) is 0 Å². The smallest absolute Gasteiger partial charge is 0.238 e. The molecule has 8 heterocycles. The second-order valence-corrected chi connectivity index (χ2v) is 28.7. The molecule has 0 amide bonds. The molecule has 16 aromatic carbocycles. The molecular weight excluding hydrogens is 1330 g/mol. The predicted molar refractivity (Wildman–Crippen MR) is 451 cm³/mol. The van der Waals surface area contributed by atoms with Gasteiger partial charge in [-0.3, -0.25) is 4.57 Å². The molecule has 0 N–H and O–H groups in total. The van der Waals surface area contributed by atoms with Crippen molar-refractivity contribution in [1.82, 2.24) is 46.9 Å². The van der Waals surface area contributed by atoms with Crippen LogP contribution in [0.1, 0.15) is 0 Å². The minimum atomic E-state index is 0.504. The molecule has 0 saturated heterocycles. The lowest BCUT2D eigenvalue weighted by Gasteiger charge is -2.14. The predicted octanol–water partition coefficient (Wildman–Crippen LogP) is 24.9. The molecular formula is C99H60N10. The van der Waals surface area contributed by atoms with Crippen molar-refractivity contribution in [3.8, 4) is 62.8 Å². The summed E-state index contributed by atoms with van der Waals surface area (Å²) in [5.74, 6) is 1.66. The zero-order valence-electron chi connectivity index (χ0n) is 58.6. The van der Waals surface area contributed by atoms with Crippen LogP contribution >= 0.6 is 0 Å². The second kappa shape index (κ2) is 22.8. The summed E-state index contributed by atoms with van der Waals surface area (Å²) in [5.41, 5.74) is 23.6. The number of rotatable bonds is 9. The summed E-state index contributed by atoms with van der Waals surface area (Å²) in [6.45, 7) is 0. The van der Waals surface area contributed by atoms with Gasteiger partial charge < -0.3 is 27.4 Å². The number of para-hydroxylation sites is 8. The van der Waals surface area contributed by atoms with Crippen LogP contribution in [0.3, 0.4) is 0 Å². The van der Waals surface area contributed by atoms with Crippen LogP contribution < -0.4 is 0 Å². The Labute approximate surface area is 622 Å². The molecule has 0 aliphatic rings. The highest BCUT2D eigenvalue weighted by Gasteiger charge is 2.26. The third kappa shape index (κ3) is 8.64. The summed E-state index contributed by atoms with van der Waals surface area (Å²) in [7, 11) is 0. The standard InChI is InChI=1S/C99H60N10/c1-3-23-61(24-4-1)97-100-98(62-25-5-2-6-26-62)102-99(101-97)109-95-59-67(107-91-51-45-63(103-83-35-15-7-27-69(83)70-28-8-16-36-84(70)103)55-79(91)80-56-64(46-52-92(80)107)104-85-37-17-9-29-71(85)72-30-10-18-38-86(72)104)43-49-77(95)78-50-44-68(60-96(78)109)108-93-53-47-65(105-87-39-19-11-31-73(87)74-32-12-20-40-88(74)105)57-81(93)82-58-66(48-54-94(82)108)106-89-41-21-13-33-75(89)76-34-14-22-42-90(76)106/h1-60H. The van der Waals surface area contributed by atoms with Crippen molar-refractivity contribution in [3.05, 3.63) is 364 Å². The summed E-state index contributed by atoms with van der Waals surface area (Å²) in [6, 6.07) is 133. The highest BCUT2D eigenvalue weighted by atomic mass is 15.2. The molecule has 0 spiro atoms. The second-order valence-electron chi connectivity index (χ2n) is 28.7. The number of hydrogen-bond donors (Lipinski definition) is 0. The van der Waals surface area contributed by atoms with E-state index in [-0.39, 0.29) is 0 Å². The maximum absolute atomic E-state index is 5.58. The Kier molecular flexibility index (Phi) is 12.5. The molecule has 109 heavy (non-hydrogen) atoms. The van der Waals surface area contributed by atoms with Crippen LogP contribution in [0.5, 0.6) is 0 Å². The van der Waals surface area contributed by atoms with E-state index in [9.17, 15) is 0 Å². The van der Waals surface area contributed by atoms with Crippen molar-refractivity contribution in [2.45, 2.75) is 0 Å². The van der Waals surface area contributed by atoms with Crippen molar-refractivity contribution in [2.75, 3.05) is 0 Å². The topological polar surface area (TPSA) is 73.2 Å². The van der Waals surface area contributed by atoms with Gasteiger partial charge in [0.2, 0.25) is 5.95 Å². The van der Waals surface area contributed by atoms with E-state index in [1.54, 1.807) is 0 Å². The first-order valence-corrected chi connectivity index (χ1v) is 37.2. The Bertz CT molecular complexity index is 6970. The first-order valence-electron chi connectivity index (χ1n) is 37.2. The van der Waals surface area contributed by atoms with Gasteiger partial charge >= 0.3 is 0 Å². The Balaban J connectivity index is 0.771. The van der Waals surface area contributed by atoms with Crippen LogP contribution in [-0.4, -0.2) is 46.9 Å². The molecule has 0 aliphatic carbocycles. The van der Waals surface area contributed by atoms with Gasteiger partial charge in [0.15, 0.2) is 11.6 Å². The lowest BCUT2D eigenvalue weighted by Crippen LogP contribution is -2.07. The normalized spacial score (nSPS) is 12.2. The number of nitrogens with zero attached hydrogens (tertiary/aromatic N) is 10. The SMILES string of the molecule is c1ccc(-c2nc(-c3ccccc3)nc(-n3c4cc(-n5c6ccc(-n7c8ccccc8c8ccccc87)cc6c6cc(-n7c8ccccc8c8ccccc87)ccc65)ccc4c4ccc(-n5c6ccc(-n7c8ccccc8c8ccccc87)cc6c6cc(-n7c8ccccc8c8ccccc87)ccc65)cc43)n2)cc1. The van der Waals surface area contributed by atoms with E-state index in [2.05, 4.69) is 360 Å². The lowest BCUT2D eigenvalue weighted by molar-refractivity contribution is 0.952. The van der Waals surface area contributed by atoms with Crippen LogP contribution in [0.2, 0.25) is 0 Å². The molecule has 0 fully saturated rings. The van der Waals surface area contributed by atoms with E-state index in [0.29, 0.717) is 17.6 Å². The van der Waals surface area contributed by atoms with E-state index >= 15 is 0 Å². The van der Waals surface area contributed by atoms with Crippen LogP contribution in [0.4, 0.5) is 0 Å². The molecule has 0 bridgehead atoms. The maximum Gasteiger partial charge on any atom is 0.238 e. The third-order valence-corrected chi connectivity index (χ3v) is 23.0. The van der Waals surface area contributed by atoms with Gasteiger partial charge in [-0.05, 0) is 146 Å². The Morgan fingerprint density at radius 3 is 0.596 bits per heavy atom. The fourth-order valence-corrected chi connectivity index (χ4v) is 18.3. The van der Waals surface area contributed by atoms with Crippen LogP contribution in [0.25, 0.3) is 215 Å². The molecule has 24 aromatic rings. The van der Waals surface area contributed by atoms with Crippen molar-refractivity contribution in [3.63, 3.8) is 0 Å². The summed E-state index contributed by atoms with van der Waals surface area (Å²) in [6.07, 6.45) is 0. The quantitative estimate of drug-likeness (QED) is 0.145. The number of hydrogen-bond acceptors (Lipinski definition) is 3. The highest BCUT2D eigenvalue weighted by molar-refractivity contribution is 6.18. The van der Waals surface area contributed by atoms with Crippen molar-refractivity contribution >= 4 is 153 Å². The first-order chi connectivity index (χ1) is 54.1.